The van der Waals surface area contributed by atoms with Gasteiger partial charge in [0.15, 0.2) is 0 Å². The molecule has 0 aliphatic heterocycles. The molecule has 0 bridgehead atoms. The maximum Gasteiger partial charge on any atom is 0.416 e. The van der Waals surface area contributed by atoms with Crippen molar-refractivity contribution in [3.8, 4) is 0 Å². The first-order valence-corrected chi connectivity index (χ1v) is 7.82. The van der Waals surface area contributed by atoms with Crippen LogP contribution in [0.4, 0.5) is 13.2 Å². The number of amides is 1. The van der Waals surface area contributed by atoms with E-state index in [-0.39, 0.29) is 18.3 Å². The molecule has 0 aliphatic rings. The van der Waals surface area contributed by atoms with Crippen molar-refractivity contribution in [2.75, 3.05) is 13.7 Å². The van der Waals surface area contributed by atoms with Crippen LogP contribution in [0.25, 0.3) is 0 Å². The Balaban J connectivity index is 2.16. The van der Waals surface area contributed by atoms with E-state index in [0.717, 1.165) is 25.0 Å². The van der Waals surface area contributed by atoms with Gasteiger partial charge in [-0.25, -0.2) is 0 Å². The number of alkyl halides is 3. The normalized spacial score (nSPS) is 11.2. The molecule has 0 saturated heterocycles. The van der Waals surface area contributed by atoms with Gasteiger partial charge in [0, 0.05) is 19.4 Å². The number of ether oxygens (including phenoxy) is 1. The second-order valence-corrected chi connectivity index (χ2v) is 5.43. The average Bonchev–Trinajstić information content (AvgIpc) is 2.55. The third kappa shape index (κ3) is 7.99. The number of hydrogen-bond acceptors (Lipinski definition) is 3. The lowest BCUT2D eigenvalue weighted by Gasteiger charge is -2.08. The fourth-order valence-electron chi connectivity index (χ4n) is 2.11. The van der Waals surface area contributed by atoms with Gasteiger partial charge in [-0.05, 0) is 37.0 Å². The topological polar surface area (TPSA) is 55.4 Å². The standard InChI is InChI=1S/C17H22F3NO3/c1-24-16(23)5-3-2-4-12-21-15(22)11-8-13-6-9-14(10-7-13)17(18,19)20/h6-7,9-10H,2-5,8,11-12H2,1H3,(H,21,22). The smallest absolute Gasteiger partial charge is 0.416 e. The van der Waals surface area contributed by atoms with Gasteiger partial charge in [-0.2, -0.15) is 13.2 Å². The molecule has 0 aromatic heterocycles. The Morgan fingerprint density at radius 2 is 1.71 bits per heavy atom. The third-order valence-electron chi connectivity index (χ3n) is 3.53. The van der Waals surface area contributed by atoms with Crippen molar-refractivity contribution in [3.63, 3.8) is 0 Å². The lowest BCUT2D eigenvalue weighted by molar-refractivity contribution is -0.141. The predicted octanol–water partition coefficient (Wildman–Crippen LogP) is 3.49. The summed E-state index contributed by atoms with van der Waals surface area (Å²) < 4.78 is 41.8. The third-order valence-corrected chi connectivity index (χ3v) is 3.53. The molecule has 0 spiro atoms. The van der Waals surface area contributed by atoms with Gasteiger partial charge in [0.2, 0.25) is 5.91 Å². The summed E-state index contributed by atoms with van der Waals surface area (Å²) in [5.41, 5.74) is -0.00103. The van der Waals surface area contributed by atoms with Crippen molar-refractivity contribution in [1.29, 1.82) is 0 Å². The molecule has 24 heavy (non-hydrogen) atoms. The first-order valence-electron chi connectivity index (χ1n) is 7.82. The van der Waals surface area contributed by atoms with Crippen molar-refractivity contribution in [2.24, 2.45) is 0 Å². The van der Waals surface area contributed by atoms with E-state index < -0.39 is 11.7 Å². The quantitative estimate of drug-likeness (QED) is 0.551. The van der Waals surface area contributed by atoms with Gasteiger partial charge in [-0.1, -0.05) is 18.6 Å². The summed E-state index contributed by atoms with van der Waals surface area (Å²) in [5.74, 6) is -0.376. The molecule has 0 aliphatic carbocycles. The highest BCUT2D eigenvalue weighted by molar-refractivity contribution is 5.76. The van der Waals surface area contributed by atoms with Crippen molar-refractivity contribution < 1.29 is 27.5 Å². The largest absolute Gasteiger partial charge is 0.469 e. The first-order chi connectivity index (χ1) is 11.3. The summed E-state index contributed by atoms with van der Waals surface area (Å²) in [4.78, 5) is 22.6. The van der Waals surface area contributed by atoms with Gasteiger partial charge in [-0.3, -0.25) is 9.59 Å². The number of carbonyl (C=O) groups is 2. The molecule has 1 aromatic rings. The molecule has 0 fully saturated rings. The highest BCUT2D eigenvalue weighted by Gasteiger charge is 2.29. The first kappa shape index (κ1) is 20.0. The molecule has 0 radical (unpaired) electrons. The molecule has 1 N–H and O–H groups in total. The zero-order valence-electron chi connectivity index (χ0n) is 13.6. The van der Waals surface area contributed by atoms with E-state index in [2.05, 4.69) is 10.1 Å². The number of esters is 1. The van der Waals surface area contributed by atoms with Gasteiger partial charge >= 0.3 is 12.1 Å². The van der Waals surface area contributed by atoms with Crippen LogP contribution in [0.3, 0.4) is 0 Å². The zero-order chi connectivity index (χ0) is 18.0. The molecule has 1 rings (SSSR count). The SMILES string of the molecule is COC(=O)CCCCCNC(=O)CCc1ccc(C(F)(F)F)cc1. The Kier molecular flexibility index (Phi) is 8.29. The molecule has 4 nitrogen and oxygen atoms in total. The van der Waals surface area contributed by atoms with Crippen molar-refractivity contribution in [1.82, 2.24) is 5.32 Å². The van der Waals surface area contributed by atoms with Gasteiger partial charge in [0.1, 0.15) is 0 Å². The van der Waals surface area contributed by atoms with Crippen LogP contribution in [-0.4, -0.2) is 25.5 Å². The zero-order valence-corrected chi connectivity index (χ0v) is 13.6. The van der Waals surface area contributed by atoms with E-state index in [0.29, 0.717) is 31.4 Å². The van der Waals surface area contributed by atoms with Crippen LogP contribution in [0.2, 0.25) is 0 Å². The minimum absolute atomic E-state index is 0.136. The Morgan fingerprint density at radius 1 is 1.04 bits per heavy atom. The highest BCUT2D eigenvalue weighted by atomic mass is 19.4. The summed E-state index contributed by atoms with van der Waals surface area (Å²) in [6.07, 6.45) is -1.05. The number of benzene rings is 1. The Bertz CT molecular complexity index is 527. The lowest BCUT2D eigenvalue weighted by atomic mass is 10.1. The molecule has 134 valence electrons. The Morgan fingerprint density at radius 3 is 2.29 bits per heavy atom. The number of hydrogen-bond donors (Lipinski definition) is 1. The number of halogens is 3. The Labute approximate surface area is 139 Å². The second kappa shape index (κ2) is 9.95. The maximum atomic E-state index is 12.4. The fraction of sp³-hybridized carbons (Fsp3) is 0.529. The number of nitrogens with one attached hydrogen (secondary N) is 1. The van der Waals surface area contributed by atoms with E-state index in [9.17, 15) is 22.8 Å². The van der Waals surface area contributed by atoms with Gasteiger partial charge in [0.25, 0.3) is 0 Å². The van der Waals surface area contributed by atoms with Crippen LogP contribution in [0.5, 0.6) is 0 Å². The van der Waals surface area contributed by atoms with Gasteiger partial charge in [-0.15, -0.1) is 0 Å². The van der Waals surface area contributed by atoms with E-state index in [1.807, 2.05) is 0 Å². The number of unbranched alkanes of at least 4 members (excludes halogenated alkanes) is 2. The van der Waals surface area contributed by atoms with Crippen LogP contribution in [0, 0.1) is 0 Å². The van der Waals surface area contributed by atoms with E-state index in [1.54, 1.807) is 0 Å². The number of rotatable bonds is 9. The summed E-state index contributed by atoms with van der Waals surface area (Å²) in [6.45, 7) is 0.521. The summed E-state index contributed by atoms with van der Waals surface area (Å²) in [5, 5.41) is 2.76. The fourth-order valence-corrected chi connectivity index (χ4v) is 2.11. The Hall–Kier alpha value is -2.05. The van der Waals surface area contributed by atoms with Crippen LogP contribution in [0.1, 0.15) is 43.2 Å². The average molecular weight is 345 g/mol. The van der Waals surface area contributed by atoms with Crippen molar-refractivity contribution in [3.05, 3.63) is 35.4 Å². The number of carbonyl (C=O) groups excluding carboxylic acids is 2. The van der Waals surface area contributed by atoms with Crippen molar-refractivity contribution in [2.45, 2.75) is 44.7 Å². The molecule has 1 amide bonds. The van der Waals surface area contributed by atoms with E-state index in [4.69, 9.17) is 0 Å². The molecular formula is C17H22F3NO3. The second-order valence-electron chi connectivity index (χ2n) is 5.43. The lowest BCUT2D eigenvalue weighted by Crippen LogP contribution is -2.24. The van der Waals surface area contributed by atoms with Crippen LogP contribution < -0.4 is 5.32 Å². The monoisotopic (exact) mass is 345 g/mol. The molecule has 7 heteroatoms. The summed E-state index contributed by atoms with van der Waals surface area (Å²) in [6, 6.07) is 4.83. The molecular weight excluding hydrogens is 323 g/mol. The highest BCUT2D eigenvalue weighted by Crippen LogP contribution is 2.29. The van der Waals surface area contributed by atoms with Crippen molar-refractivity contribution >= 4 is 11.9 Å². The predicted molar refractivity (Wildman–Crippen MR) is 83.3 cm³/mol. The number of aryl methyl sites for hydroxylation is 1. The van der Waals surface area contributed by atoms with E-state index >= 15 is 0 Å². The molecule has 0 saturated carbocycles. The summed E-state index contributed by atoms with van der Waals surface area (Å²) >= 11 is 0. The molecule has 1 aromatic carbocycles. The van der Waals surface area contributed by atoms with Crippen LogP contribution in [0.15, 0.2) is 24.3 Å². The maximum absolute atomic E-state index is 12.4. The molecule has 0 unspecified atom stereocenters. The van der Waals surface area contributed by atoms with E-state index in [1.165, 1.54) is 19.2 Å². The molecule has 0 heterocycles. The van der Waals surface area contributed by atoms with Gasteiger partial charge < -0.3 is 10.1 Å². The summed E-state index contributed by atoms with van der Waals surface area (Å²) in [7, 11) is 1.35. The van der Waals surface area contributed by atoms with Crippen LogP contribution >= 0.6 is 0 Å². The minimum Gasteiger partial charge on any atom is -0.469 e. The molecule has 0 atom stereocenters. The van der Waals surface area contributed by atoms with Gasteiger partial charge in [0.05, 0.1) is 12.7 Å². The van der Waals surface area contributed by atoms with Crippen LogP contribution in [-0.2, 0) is 26.9 Å². The number of methoxy groups -OCH3 is 1. The minimum atomic E-state index is -4.34.